The van der Waals surface area contributed by atoms with E-state index in [0.29, 0.717) is 11.7 Å². The summed E-state index contributed by atoms with van der Waals surface area (Å²) in [5.74, 6) is 1.98. The second-order valence-corrected chi connectivity index (χ2v) is 6.65. The van der Waals surface area contributed by atoms with Crippen molar-refractivity contribution in [3.05, 3.63) is 66.7 Å². The summed E-state index contributed by atoms with van der Waals surface area (Å²) < 4.78 is 7.02. The molecule has 0 aliphatic carbocycles. The van der Waals surface area contributed by atoms with Crippen molar-refractivity contribution in [1.29, 1.82) is 0 Å². The molecule has 0 atom stereocenters. The third-order valence-corrected chi connectivity index (χ3v) is 4.48. The van der Waals surface area contributed by atoms with Crippen molar-refractivity contribution >= 4 is 17.2 Å². The number of aromatic nitrogens is 4. The van der Waals surface area contributed by atoms with Gasteiger partial charge in [-0.1, -0.05) is 26.0 Å². The number of hydrogen-bond donors (Lipinski definition) is 1. The fourth-order valence-corrected chi connectivity index (χ4v) is 2.92. The van der Waals surface area contributed by atoms with E-state index in [4.69, 9.17) is 9.72 Å². The van der Waals surface area contributed by atoms with Gasteiger partial charge in [-0.3, -0.25) is 4.98 Å². The van der Waals surface area contributed by atoms with Gasteiger partial charge in [-0.05, 0) is 35.7 Å². The van der Waals surface area contributed by atoms with Gasteiger partial charge in [-0.15, -0.1) is 0 Å². The minimum atomic E-state index is 0.513. The highest BCUT2D eigenvalue weighted by Crippen LogP contribution is 2.27. The molecule has 0 bridgehead atoms. The number of methoxy groups -OCH3 is 1. The molecule has 0 aliphatic heterocycles. The van der Waals surface area contributed by atoms with Gasteiger partial charge in [0.2, 0.25) is 0 Å². The predicted molar refractivity (Wildman–Crippen MR) is 107 cm³/mol. The number of benzene rings is 1. The van der Waals surface area contributed by atoms with Gasteiger partial charge < -0.3 is 10.1 Å². The van der Waals surface area contributed by atoms with Crippen LogP contribution in [0.3, 0.4) is 0 Å². The Kier molecular flexibility index (Phi) is 4.46. The highest BCUT2D eigenvalue weighted by molar-refractivity contribution is 5.78. The summed E-state index contributed by atoms with van der Waals surface area (Å²) in [7, 11) is 1.63. The monoisotopic (exact) mass is 359 g/mol. The number of nitrogens with zero attached hydrogens (tertiary/aromatic N) is 4. The highest BCUT2D eigenvalue weighted by Gasteiger charge is 2.10. The van der Waals surface area contributed by atoms with Crippen LogP contribution in [0.2, 0.25) is 0 Å². The topological polar surface area (TPSA) is 64.3 Å². The number of nitrogens with one attached hydrogen (secondary N) is 1. The van der Waals surface area contributed by atoms with Crippen molar-refractivity contribution in [3.8, 4) is 16.9 Å². The molecule has 136 valence electrons. The molecule has 4 rings (SSSR count). The summed E-state index contributed by atoms with van der Waals surface area (Å²) in [4.78, 5) is 8.97. The summed E-state index contributed by atoms with van der Waals surface area (Å²) in [6, 6.07) is 12.3. The molecule has 0 aliphatic rings. The molecule has 0 saturated carbocycles. The van der Waals surface area contributed by atoms with Gasteiger partial charge in [0.25, 0.3) is 0 Å². The van der Waals surface area contributed by atoms with E-state index in [-0.39, 0.29) is 0 Å². The molecular weight excluding hydrogens is 338 g/mol. The van der Waals surface area contributed by atoms with Crippen LogP contribution in [-0.2, 0) is 0 Å². The Morgan fingerprint density at radius 2 is 1.85 bits per heavy atom. The van der Waals surface area contributed by atoms with Gasteiger partial charge in [0.05, 0.1) is 19.5 Å². The van der Waals surface area contributed by atoms with E-state index in [1.54, 1.807) is 30.2 Å². The fourth-order valence-electron chi connectivity index (χ4n) is 2.92. The molecular formula is C21H21N5O. The van der Waals surface area contributed by atoms with E-state index >= 15 is 0 Å². The first-order chi connectivity index (χ1) is 13.1. The number of ether oxygens (including phenoxy) is 1. The molecule has 0 unspecified atom stereocenters. The lowest BCUT2D eigenvalue weighted by molar-refractivity contribution is 0.413. The first-order valence-corrected chi connectivity index (χ1v) is 8.85. The summed E-state index contributed by atoms with van der Waals surface area (Å²) in [5, 5.41) is 7.75. The second kappa shape index (κ2) is 7.07. The van der Waals surface area contributed by atoms with Crippen molar-refractivity contribution in [2.45, 2.75) is 19.8 Å². The van der Waals surface area contributed by atoms with Crippen LogP contribution in [0.4, 0.5) is 11.5 Å². The van der Waals surface area contributed by atoms with E-state index in [1.807, 2.05) is 18.3 Å². The van der Waals surface area contributed by atoms with Crippen LogP contribution in [0.15, 0.2) is 61.2 Å². The zero-order valence-corrected chi connectivity index (χ0v) is 15.5. The third-order valence-electron chi connectivity index (χ3n) is 4.48. The number of rotatable bonds is 5. The molecule has 0 fully saturated rings. The van der Waals surface area contributed by atoms with Gasteiger partial charge >= 0.3 is 0 Å². The summed E-state index contributed by atoms with van der Waals surface area (Å²) in [6.07, 6.45) is 7.15. The Labute approximate surface area is 157 Å². The van der Waals surface area contributed by atoms with Gasteiger partial charge in [0, 0.05) is 29.2 Å². The number of anilines is 2. The molecule has 6 heteroatoms. The smallest absolute Gasteiger partial charge is 0.165 e. The van der Waals surface area contributed by atoms with E-state index in [2.05, 4.69) is 53.5 Å². The quantitative estimate of drug-likeness (QED) is 0.561. The van der Waals surface area contributed by atoms with E-state index in [1.165, 1.54) is 5.56 Å². The average Bonchev–Trinajstić information content (AvgIpc) is 3.12. The Morgan fingerprint density at radius 3 is 2.59 bits per heavy atom. The lowest BCUT2D eigenvalue weighted by Crippen LogP contribution is -1.98. The maximum atomic E-state index is 5.27. The number of hydrogen-bond acceptors (Lipinski definition) is 5. The van der Waals surface area contributed by atoms with Crippen molar-refractivity contribution in [2.24, 2.45) is 0 Å². The molecule has 0 radical (unpaired) electrons. The van der Waals surface area contributed by atoms with Gasteiger partial charge in [0.1, 0.15) is 11.6 Å². The Hall–Kier alpha value is -3.41. The molecule has 3 aromatic heterocycles. The van der Waals surface area contributed by atoms with Crippen molar-refractivity contribution < 1.29 is 4.74 Å². The maximum absolute atomic E-state index is 5.27. The summed E-state index contributed by atoms with van der Waals surface area (Å²) >= 11 is 0. The molecule has 3 heterocycles. The van der Waals surface area contributed by atoms with E-state index < -0.39 is 0 Å². The van der Waals surface area contributed by atoms with Crippen LogP contribution in [0, 0.1) is 0 Å². The number of fused-ring (bicyclic) bond motifs is 1. The van der Waals surface area contributed by atoms with Crippen LogP contribution >= 0.6 is 0 Å². The first kappa shape index (κ1) is 17.0. The zero-order chi connectivity index (χ0) is 18.8. The standard InChI is InChI=1S/C21H21N5O/c1-14(2)15-4-6-17(7-5-15)24-20-8-9-26-21(25-20)19(13-23-26)16-10-18(27-3)12-22-11-16/h4-14H,1-3H3,(H,24,25). The lowest BCUT2D eigenvalue weighted by atomic mass is 10.0. The summed E-state index contributed by atoms with van der Waals surface area (Å²) in [5.41, 5.74) is 4.89. The minimum absolute atomic E-state index is 0.513. The molecule has 1 aromatic carbocycles. The largest absolute Gasteiger partial charge is 0.495 e. The van der Waals surface area contributed by atoms with Crippen molar-refractivity contribution in [1.82, 2.24) is 19.6 Å². The average molecular weight is 359 g/mol. The number of pyridine rings is 1. The van der Waals surface area contributed by atoms with Crippen LogP contribution < -0.4 is 10.1 Å². The van der Waals surface area contributed by atoms with Crippen LogP contribution in [0.1, 0.15) is 25.3 Å². The molecule has 1 N–H and O–H groups in total. The predicted octanol–water partition coefficient (Wildman–Crippen LogP) is 4.67. The first-order valence-electron chi connectivity index (χ1n) is 8.85. The van der Waals surface area contributed by atoms with Crippen molar-refractivity contribution in [3.63, 3.8) is 0 Å². The Balaban J connectivity index is 1.67. The van der Waals surface area contributed by atoms with E-state index in [0.717, 1.165) is 28.3 Å². The Bertz CT molecular complexity index is 1070. The second-order valence-electron chi connectivity index (χ2n) is 6.65. The molecule has 0 amide bonds. The highest BCUT2D eigenvalue weighted by atomic mass is 16.5. The van der Waals surface area contributed by atoms with Crippen LogP contribution in [-0.4, -0.2) is 26.7 Å². The van der Waals surface area contributed by atoms with E-state index in [9.17, 15) is 0 Å². The molecule has 27 heavy (non-hydrogen) atoms. The summed E-state index contributed by atoms with van der Waals surface area (Å²) in [6.45, 7) is 4.37. The third kappa shape index (κ3) is 3.46. The molecule has 4 aromatic rings. The normalized spacial score (nSPS) is 11.1. The fraction of sp³-hybridized carbons (Fsp3) is 0.190. The van der Waals surface area contributed by atoms with Gasteiger partial charge in [-0.2, -0.15) is 5.10 Å². The molecule has 0 saturated heterocycles. The Morgan fingerprint density at radius 1 is 1.04 bits per heavy atom. The SMILES string of the molecule is COc1cncc(-c2cnn3ccc(Nc4ccc(C(C)C)cc4)nc23)c1. The van der Waals surface area contributed by atoms with Gasteiger partial charge in [-0.25, -0.2) is 9.50 Å². The van der Waals surface area contributed by atoms with Crippen LogP contribution in [0.5, 0.6) is 5.75 Å². The lowest BCUT2D eigenvalue weighted by Gasteiger charge is -2.09. The minimum Gasteiger partial charge on any atom is -0.495 e. The van der Waals surface area contributed by atoms with Gasteiger partial charge in [0.15, 0.2) is 5.65 Å². The molecule has 0 spiro atoms. The van der Waals surface area contributed by atoms with Crippen molar-refractivity contribution in [2.75, 3.05) is 12.4 Å². The zero-order valence-electron chi connectivity index (χ0n) is 15.5. The maximum Gasteiger partial charge on any atom is 0.165 e. The van der Waals surface area contributed by atoms with Crippen LogP contribution in [0.25, 0.3) is 16.8 Å². The molecule has 6 nitrogen and oxygen atoms in total.